The van der Waals surface area contributed by atoms with Crippen LogP contribution < -0.4 is 4.74 Å². The molecular formula is C16H13Cl2NO3. The van der Waals surface area contributed by atoms with Crippen LogP contribution in [-0.4, -0.2) is 18.8 Å². The number of carbonyl (C=O) groups is 1. The molecule has 0 spiro atoms. The highest BCUT2D eigenvalue weighted by molar-refractivity contribution is 6.35. The van der Waals surface area contributed by atoms with E-state index in [4.69, 9.17) is 32.8 Å². The maximum Gasteiger partial charge on any atom is 0.372 e. The second kappa shape index (κ2) is 7.82. The number of carbonyl (C=O) groups excluding carboxylic acids is 1. The van der Waals surface area contributed by atoms with Crippen molar-refractivity contribution in [3.05, 3.63) is 63.6 Å². The van der Waals surface area contributed by atoms with E-state index in [0.717, 1.165) is 11.1 Å². The second-order valence-corrected chi connectivity index (χ2v) is 5.32. The first kappa shape index (κ1) is 16.3. The zero-order chi connectivity index (χ0) is 15.9. The average Bonchev–Trinajstić information content (AvgIpc) is 2.48. The van der Waals surface area contributed by atoms with Crippen LogP contribution in [0.4, 0.5) is 0 Å². The van der Waals surface area contributed by atoms with Gasteiger partial charge in [-0.1, -0.05) is 58.2 Å². The zero-order valence-corrected chi connectivity index (χ0v) is 13.3. The van der Waals surface area contributed by atoms with Crippen molar-refractivity contribution in [2.24, 2.45) is 5.16 Å². The smallest absolute Gasteiger partial charge is 0.372 e. The van der Waals surface area contributed by atoms with Gasteiger partial charge in [-0.15, -0.1) is 0 Å². The maximum absolute atomic E-state index is 11.5. The van der Waals surface area contributed by atoms with E-state index in [2.05, 4.69) is 5.16 Å². The summed E-state index contributed by atoms with van der Waals surface area (Å²) in [5.41, 5.74) is 1.97. The van der Waals surface area contributed by atoms with Crippen molar-refractivity contribution in [3.8, 4) is 5.75 Å². The van der Waals surface area contributed by atoms with Gasteiger partial charge in [-0.05, 0) is 30.7 Å². The van der Waals surface area contributed by atoms with E-state index >= 15 is 0 Å². The van der Waals surface area contributed by atoms with Crippen LogP contribution in [-0.2, 0) is 9.63 Å². The van der Waals surface area contributed by atoms with Gasteiger partial charge >= 0.3 is 5.97 Å². The van der Waals surface area contributed by atoms with E-state index in [9.17, 15) is 4.79 Å². The minimum atomic E-state index is -0.630. The highest BCUT2D eigenvalue weighted by atomic mass is 35.5. The number of nitrogens with zero attached hydrogens (tertiary/aromatic N) is 1. The van der Waals surface area contributed by atoms with Gasteiger partial charge < -0.3 is 9.57 Å². The van der Waals surface area contributed by atoms with Crippen molar-refractivity contribution in [2.45, 2.75) is 6.92 Å². The molecule has 2 aromatic rings. The lowest BCUT2D eigenvalue weighted by Gasteiger charge is -2.06. The molecule has 0 saturated carbocycles. The molecule has 2 rings (SSSR count). The molecule has 0 aromatic heterocycles. The molecule has 2 aromatic carbocycles. The molecule has 0 unspecified atom stereocenters. The van der Waals surface area contributed by atoms with Crippen LogP contribution in [0.15, 0.2) is 47.6 Å². The molecule has 0 amide bonds. The molecule has 0 aliphatic heterocycles. The normalized spacial score (nSPS) is 10.7. The van der Waals surface area contributed by atoms with E-state index in [-0.39, 0.29) is 6.61 Å². The molecule has 0 radical (unpaired) electrons. The highest BCUT2D eigenvalue weighted by Gasteiger charge is 2.07. The van der Waals surface area contributed by atoms with Crippen LogP contribution in [0, 0.1) is 6.92 Å². The summed E-state index contributed by atoms with van der Waals surface area (Å²) >= 11 is 11.7. The van der Waals surface area contributed by atoms with Crippen LogP contribution in [0.2, 0.25) is 10.0 Å². The lowest BCUT2D eigenvalue weighted by atomic mass is 10.2. The van der Waals surface area contributed by atoms with Gasteiger partial charge in [-0.25, -0.2) is 4.79 Å². The van der Waals surface area contributed by atoms with Gasteiger partial charge in [0.25, 0.3) is 0 Å². The quantitative estimate of drug-likeness (QED) is 0.465. The Kier molecular flexibility index (Phi) is 5.81. The van der Waals surface area contributed by atoms with E-state index in [0.29, 0.717) is 15.8 Å². The molecule has 114 valence electrons. The van der Waals surface area contributed by atoms with Gasteiger partial charge in [0.15, 0.2) is 6.61 Å². The molecule has 0 aliphatic carbocycles. The Morgan fingerprint density at radius 1 is 1.18 bits per heavy atom. The number of aryl methyl sites for hydroxylation is 1. The predicted octanol–water partition coefficient (Wildman–Crippen LogP) is 4.26. The number of hydrogen-bond donors (Lipinski definition) is 0. The second-order valence-electron chi connectivity index (χ2n) is 4.47. The van der Waals surface area contributed by atoms with Crippen molar-refractivity contribution in [1.29, 1.82) is 0 Å². The topological polar surface area (TPSA) is 47.9 Å². The molecule has 0 N–H and O–H groups in total. The fourth-order valence-electron chi connectivity index (χ4n) is 1.55. The molecule has 0 bridgehead atoms. The Labute approximate surface area is 138 Å². The third kappa shape index (κ3) is 5.06. The molecule has 0 heterocycles. The number of hydrogen-bond acceptors (Lipinski definition) is 4. The summed E-state index contributed by atoms with van der Waals surface area (Å²) in [6.45, 7) is 1.69. The molecule has 0 atom stereocenters. The predicted molar refractivity (Wildman–Crippen MR) is 86.8 cm³/mol. The summed E-state index contributed by atoms with van der Waals surface area (Å²) in [7, 11) is 0. The Morgan fingerprint density at radius 3 is 2.59 bits per heavy atom. The van der Waals surface area contributed by atoms with Gasteiger partial charge in [-0.3, -0.25) is 0 Å². The van der Waals surface area contributed by atoms with Gasteiger partial charge in [0.1, 0.15) is 5.75 Å². The standard InChI is InChI=1S/C16H13Cl2NO3/c1-11-2-4-12(5-3-11)9-19-22-16(20)10-21-15-7-6-13(17)8-14(15)18/h2-9H,10H2,1H3/b19-9+. The number of ether oxygens (including phenoxy) is 1. The first-order chi connectivity index (χ1) is 10.5. The lowest BCUT2D eigenvalue weighted by molar-refractivity contribution is -0.145. The van der Waals surface area contributed by atoms with Crippen molar-refractivity contribution < 1.29 is 14.4 Å². The summed E-state index contributed by atoms with van der Waals surface area (Å²) in [6, 6.07) is 12.3. The Bertz CT molecular complexity index is 684. The van der Waals surface area contributed by atoms with Crippen LogP contribution >= 0.6 is 23.2 Å². The van der Waals surface area contributed by atoms with E-state index < -0.39 is 5.97 Å². The Morgan fingerprint density at radius 2 is 1.91 bits per heavy atom. The van der Waals surface area contributed by atoms with Gasteiger partial charge in [0, 0.05) is 5.02 Å². The summed E-state index contributed by atoms with van der Waals surface area (Å²) < 4.78 is 5.23. The maximum atomic E-state index is 11.5. The van der Waals surface area contributed by atoms with E-state index in [1.165, 1.54) is 12.3 Å². The van der Waals surface area contributed by atoms with Gasteiger partial charge in [-0.2, -0.15) is 0 Å². The third-order valence-corrected chi connectivity index (χ3v) is 3.20. The summed E-state index contributed by atoms with van der Waals surface area (Å²) in [4.78, 5) is 16.2. The van der Waals surface area contributed by atoms with Crippen molar-refractivity contribution in [2.75, 3.05) is 6.61 Å². The van der Waals surface area contributed by atoms with Crippen molar-refractivity contribution in [1.82, 2.24) is 0 Å². The van der Waals surface area contributed by atoms with E-state index in [1.807, 2.05) is 31.2 Å². The molecular weight excluding hydrogens is 325 g/mol. The molecule has 0 aliphatic rings. The zero-order valence-electron chi connectivity index (χ0n) is 11.8. The van der Waals surface area contributed by atoms with E-state index in [1.54, 1.807) is 12.1 Å². The van der Waals surface area contributed by atoms with Crippen LogP contribution in [0.3, 0.4) is 0 Å². The fraction of sp³-hybridized carbons (Fsp3) is 0.125. The van der Waals surface area contributed by atoms with Gasteiger partial charge in [0.05, 0.1) is 11.2 Å². The largest absolute Gasteiger partial charge is 0.480 e. The third-order valence-electron chi connectivity index (χ3n) is 2.67. The number of benzene rings is 2. The number of halogens is 2. The molecule has 22 heavy (non-hydrogen) atoms. The number of rotatable bonds is 5. The Balaban J connectivity index is 1.81. The molecule has 0 fully saturated rings. The van der Waals surface area contributed by atoms with Crippen LogP contribution in [0.1, 0.15) is 11.1 Å². The molecule has 4 nitrogen and oxygen atoms in total. The highest BCUT2D eigenvalue weighted by Crippen LogP contribution is 2.27. The summed E-state index contributed by atoms with van der Waals surface area (Å²) in [5.74, 6) is -0.278. The summed E-state index contributed by atoms with van der Waals surface area (Å²) in [5, 5.41) is 4.42. The average molecular weight is 338 g/mol. The Hall–Kier alpha value is -2.04. The van der Waals surface area contributed by atoms with Crippen molar-refractivity contribution in [3.63, 3.8) is 0 Å². The first-order valence-corrected chi connectivity index (χ1v) is 7.18. The minimum absolute atomic E-state index is 0.299. The van der Waals surface area contributed by atoms with Crippen LogP contribution in [0.25, 0.3) is 0 Å². The van der Waals surface area contributed by atoms with Gasteiger partial charge in [0.2, 0.25) is 0 Å². The fourth-order valence-corrected chi connectivity index (χ4v) is 2.02. The van der Waals surface area contributed by atoms with Crippen molar-refractivity contribution >= 4 is 35.4 Å². The SMILES string of the molecule is Cc1ccc(/C=N/OC(=O)COc2ccc(Cl)cc2Cl)cc1. The molecule has 0 saturated heterocycles. The molecule has 6 heteroatoms. The lowest BCUT2D eigenvalue weighted by Crippen LogP contribution is -2.12. The summed E-state index contributed by atoms with van der Waals surface area (Å²) in [6.07, 6.45) is 1.45. The first-order valence-electron chi connectivity index (χ1n) is 6.42. The van der Waals surface area contributed by atoms with Crippen LogP contribution in [0.5, 0.6) is 5.75 Å². The minimum Gasteiger partial charge on any atom is -0.480 e. The number of oxime groups is 1. The monoisotopic (exact) mass is 337 g/mol.